The minimum absolute atomic E-state index is 0.107. The second kappa shape index (κ2) is 6.55. The predicted molar refractivity (Wildman–Crippen MR) is 79.4 cm³/mol. The third-order valence-electron chi connectivity index (χ3n) is 3.42. The molecule has 6 nitrogen and oxygen atoms in total. The molecule has 0 aliphatic carbocycles. The van der Waals surface area contributed by atoms with Crippen LogP contribution in [0.2, 0.25) is 0 Å². The van der Waals surface area contributed by atoms with Gasteiger partial charge in [0.1, 0.15) is 0 Å². The zero-order chi connectivity index (χ0) is 15.5. The van der Waals surface area contributed by atoms with E-state index in [1.807, 2.05) is 6.92 Å². The number of sulfonamides is 1. The van der Waals surface area contributed by atoms with Crippen LogP contribution in [0.5, 0.6) is 0 Å². The van der Waals surface area contributed by atoms with Crippen molar-refractivity contribution in [1.82, 2.24) is 9.62 Å². The third-order valence-corrected chi connectivity index (χ3v) is 5.24. The van der Waals surface area contributed by atoms with Gasteiger partial charge in [0.2, 0.25) is 10.0 Å². The van der Waals surface area contributed by atoms with Crippen LogP contribution in [0.15, 0.2) is 24.3 Å². The van der Waals surface area contributed by atoms with Crippen molar-refractivity contribution in [3.8, 4) is 0 Å². The third kappa shape index (κ3) is 4.03. The number of piperazine rings is 1. The Morgan fingerprint density at radius 3 is 2.90 bits per heavy atom. The van der Waals surface area contributed by atoms with Gasteiger partial charge in [0.15, 0.2) is 0 Å². The second-order valence-corrected chi connectivity index (χ2v) is 7.13. The molecule has 0 unspecified atom stereocenters. The first kappa shape index (κ1) is 15.9. The molecule has 1 aliphatic heterocycles. The highest BCUT2D eigenvalue weighted by atomic mass is 32.2. The summed E-state index contributed by atoms with van der Waals surface area (Å²) in [5.74, 6) is -0.574. The molecular formula is C14H20N2O4S. The van der Waals surface area contributed by atoms with Crippen molar-refractivity contribution in [3.05, 3.63) is 35.4 Å². The maximum atomic E-state index is 12.4. The molecule has 0 aromatic heterocycles. The van der Waals surface area contributed by atoms with Gasteiger partial charge in [-0.05, 0) is 24.6 Å². The minimum atomic E-state index is -3.38. The van der Waals surface area contributed by atoms with Crippen molar-refractivity contribution >= 4 is 16.0 Å². The molecule has 1 aliphatic rings. The fraction of sp³-hybridized carbons (Fsp3) is 0.500. The number of esters is 1. The summed E-state index contributed by atoms with van der Waals surface area (Å²) in [6.45, 7) is 3.56. The standard InChI is InChI=1S/C14H20N2O4S/c1-11-9-16(7-6-15-11)21(18,19)10-12-4-3-5-13(8-12)14(17)20-2/h3-5,8,11,15H,6-7,9-10H2,1-2H3/t11-/m1/s1. The number of benzene rings is 1. The molecule has 0 saturated carbocycles. The van der Waals surface area contributed by atoms with Crippen molar-refractivity contribution < 1.29 is 17.9 Å². The number of ether oxygens (including phenoxy) is 1. The SMILES string of the molecule is COC(=O)c1cccc(CS(=O)(=O)N2CCN[C@H](C)C2)c1. The van der Waals surface area contributed by atoms with Gasteiger partial charge < -0.3 is 10.1 Å². The summed E-state index contributed by atoms with van der Waals surface area (Å²) < 4.78 is 31.0. The van der Waals surface area contributed by atoms with Gasteiger partial charge in [0.25, 0.3) is 0 Å². The molecule has 1 heterocycles. The second-order valence-electron chi connectivity index (χ2n) is 5.16. The van der Waals surface area contributed by atoms with Gasteiger partial charge in [-0.15, -0.1) is 0 Å². The van der Waals surface area contributed by atoms with E-state index in [0.717, 1.165) is 0 Å². The van der Waals surface area contributed by atoms with Gasteiger partial charge in [0, 0.05) is 25.7 Å². The highest BCUT2D eigenvalue weighted by molar-refractivity contribution is 7.88. The van der Waals surface area contributed by atoms with E-state index in [1.165, 1.54) is 11.4 Å². The normalized spacial score (nSPS) is 20.2. The van der Waals surface area contributed by atoms with Crippen LogP contribution in [-0.2, 0) is 20.5 Å². The quantitative estimate of drug-likeness (QED) is 0.824. The van der Waals surface area contributed by atoms with E-state index < -0.39 is 16.0 Å². The number of nitrogens with zero attached hydrogens (tertiary/aromatic N) is 1. The van der Waals surface area contributed by atoms with E-state index in [4.69, 9.17) is 0 Å². The van der Waals surface area contributed by atoms with Crippen molar-refractivity contribution in [3.63, 3.8) is 0 Å². The van der Waals surface area contributed by atoms with E-state index in [0.29, 0.717) is 30.8 Å². The molecule has 116 valence electrons. The zero-order valence-electron chi connectivity index (χ0n) is 12.2. The maximum absolute atomic E-state index is 12.4. The van der Waals surface area contributed by atoms with Gasteiger partial charge >= 0.3 is 5.97 Å². The van der Waals surface area contributed by atoms with Gasteiger partial charge in [0.05, 0.1) is 18.4 Å². The number of methoxy groups -OCH3 is 1. The molecule has 0 spiro atoms. The van der Waals surface area contributed by atoms with E-state index in [1.54, 1.807) is 24.3 Å². The van der Waals surface area contributed by atoms with E-state index in [-0.39, 0.29) is 11.8 Å². The van der Waals surface area contributed by atoms with Crippen LogP contribution in [0.4, 0.5) is 0 Å². The van der Waals surface area contributed by atoms with Crippen molar-refractivity contribution in [2.75, 3.05) is 26.7 Å². The van der Waals surface area contributed by atoms with Crippen LogP contribution in [0.1, 0.15) is 22.8 Å². The van der Waals surface area contributed by atoms with Crippen LogP contribution < -0.4 is 5.32 Å². The van der Waals surface area contributed by atoms with Crippen molar-refractivity contribution in [1.29, 1.82) is 0 Å². The molecular weight excluding hydrogens is 292 g/mol. The number of carbonyl (C=O) groups is 1. The molecule has 0 radical (unpaired) electrons. The molecule has 2 rings (SSSR count). The maximum Gasteiger partial charge on any atom is 0.337 e. The molecule has 0 amide bonds. The fourth-order valence-corrected chi connectivity index (χ4v) is 3.96. The molecule has 1 aromatic rings. The summed E-state index contributed by atoms with van der Waals surface area (Å²) in [7, 11) is -2.08. The van der Waals surface area contributed by atoms with Crippen LogP contribution in [-0.4, -0.2) is 51.5 Å². The van der Waals surface area contributed by atoms with E-state index in [2.05, 4.69) is 10.1 Å². The number of nitrogens with one attached hydrogen (secondary N) is 1. The average molecular weight is 312 g/mol. The average Bonchev–Trinajstić information content (AvgIpc) is 2.46. The molecule has 1 N–H and O–H groups in total. The first-order chi connectivity index (χ1) is 9.92. The lowest BCUT2D eigenvalue weighted by atomic mass is 10.1. The van der Waals surface area contributed by atoms with Crippen LogP contribution in [0, 0.1) is 0 Å². The highest BCUT2D eigenvalue weighted by Gasteiger charge is 2.27. The summed E-state index contributed by atoms with van der Waals surface area (Å²) in [6.07, 6.45) is 0. The lowest BCUT2D eigenvalue weighted by Gasteiger charge is -2.31. The Kier molecular flexibility index (Phi) is 4.97. The predicted octanol–water partition coefficient (Wildman–Crippen LogP) is 0.597. The summed E-state index contributed by atoms with van der Waals surface area (Å²) in [5, 5.41) is 3.21. The largest absolute Gasteiger partial charge is 0.465 e. The summed E-state index contributed by atoms with van der Waals surface area (Å²) in [4.78, 5) is 11.5. The Morgan fingerprint density at radius 1 is 1.48 bits per heavy atom. The Bertz CT molecular complexity index is 615. The first-order valence-electron chi connectivity index (χ1n) is 6.81. The van der Waals surface area contributed by atoms with Crippen LogP contribution >= 0.6 is 0 Å². The monoisotopic (exact) mass is 312 g/mol. The number of rotatable bonds is 4. The van der Waals surface area contributed by atoms with Gasteiger partial charge in [-0.25, -0.2) is 13.2 Å². The molecule has 1 saturated heterocycles. The zero-order valence-corrected chi connectivity index (χ0v) is 13.0. The highest BCUT2D eigenvalue weighted by Crippen LogP contribution is 2.15. The fourth-order valence-electron chi connectivity index (χ4n) is 2.36. The Balaban J connectivity index is 2.14. The van der Waals surface area contributed by atoms with E-state index in [9.17, 15) is 13.2 Å². The number of carbonyl (C=O) groups excluding carboxylic acids is 1. The molecule has 7 heteroatoms. The van der Waals surface area contributed by atoms with Crippen LogP contribution in [0.3, 0.4) is 0 Å². The summed E-state index contributed by atoms with van der Waals surface area (Å²) in [6, 6.07) is 6.69. The molecule has 0 bridgehead atoms. The molecule has 1 aromatic carbocycles. The Hall–Kier alpha value is -1.44. The van der Waals surface area contributed by atoms with Crippen molar-refractivity contribution in [2.45, 2.75) is 18.7 Å². The molecule has 1 fully saturated rings. The van der Waals surface area contributed by atoms with Gasteiger partial charge in [-0.3, -0.25) is 0 Å². The minimum Gasteiger partial charge on any atom is -0.465 e. The summed E-state index contributed by atoms with van der Waals surface area (Å²) >= 11 is 0. The van der Waals surface area contributed by atoms with Crippen LogP contribution in [0.25, 0.3) is 0 Å². The van der Waals surface area contributed by atoms with E-state index >= 15 is 0 Å². The Morgan fingerprint density at radius 2 is 2.24 bits per heavy atom. The lowest BCUT2D eigenvalue weighted by Crippen LogP contribution is -2.51. The Labute approximate surface area is 125 Å². The topological polar surface area (TPSA) is 75.7 Å². The lowest BCUT2D eigenvalue weighted by molar-refractivity contribution is 0.0600. The first-order valence-corrected chi connectivity index (χ1v) is 8.42. The van der Waals surface area contributed by atoms with Gasteiger partial charge in [-0.2, -0.15) is 4.31 Å². The summed E-state index contributed by atoms with van der Waals surface area (Å²) in [5.41, 5.74) is 0.947. The van der Waals surface area contributed by atoms with Crippen molar-refractivity contribution in [2.24, 2.45) is 0 Å². The molecule has 1 atom stereocenters. The molecule has 21 heavy (non-hydrogen) atoms. The van der Waals surface area contributed by atoms with Gasteiger partial charge in [-0.1, -0.05) is 12.1 Å². The number of hydrogen-bond donors (Lipinski definition) is 1. The number of hydrogen-bond acceptors (Lipinski definition) is 5. The smallest absolute Gasteiger partial charge is 0.337 e.